The lowest BCUT2D eigenvalue weighted by Crippen LogP contribution is -1.44. The molecule has 0 fully saturated rings. The first-order chi connectivity index (χ1) is 3.29. The van der Waals surface area contributed by atoms with Crippen molar-refractivity contribution in [1.82, 2.24) is 0 Å². The Labute approximate surface area is 54.7 Å². The van der Waals surface area contributed by atoms with Crippen molar-refractivity contribution in [1.29, 1.82) is 0 Å². The van der Waals surface area contributed by atoms with Gasteiger partial charge in [-0.25, -0.2) is 0 Å². The van der Waals surface area contributed by atoms with Gasteiger partial charge in [-0.2, -0.15) is 0 Å². The van der Waals surface area contributed by atoms with Gasteiger partial charge in [-0.3, -0.25) is 0 Å². The fourth-order valence-electron chi connectivity index (χ4n) is 0.346. The molecule has 0 amide bonds. The summed E-state index contributed by atoms with van der Waals surface area (Å²) in [6.07, 6.45) is 1.82. The van der Waals surface area contributed by atoms with Gasteiger partial charge in [0.15, 0.2) is 0 Å². The Hall–Kier alpha value is 0.410. The largest absolute Gasteiger partial charge is 0.133 e. The van der Waals surface area contributed by atoms with Crippen molar-refractivity contribution in [3.8, 4) is 0 Å². The fraction of sp³-hybridized carbons (Fsp3) is 0. The van der Waals surface area contributed by atoms with Gasteiger partial charge in [0.2, 0.25) is 0 Å². The number of halogens is 2. The molecule has 0 radical (unpaired) electrons. The second-order valence-corrected chi connectivity index (χ2v) is 4.03. The highest BCUT2D eigenvalue weighted by molar-refractivity contribution is 8.40. The van der Waals surface area contributed by atoms with Gasteiger partial charge in [0.25, 0.3) is 0 Å². The van der Waals surface area contributed by atoms with Gasteiger partial charge in [-0.05, 0) is 16.9 Å². The van der Waals surface area contributed by atoms with E-state index in [0.717, 1.165) is 5.03 Å². The third-order valence-electron chi connectivity index (χ3n) is 0.623. The van der Waals surface area contributed by atoms with E-state index in [1.807, 2.05) is 16.9 Å². The molecule has 1 heterocycles. The Balaban J connectivity index is 2.69. The van der Waals surface area contributed by atoms with Crippen LogP contribution in [0.4, 0.5) is 0 Å². The number of allylic oxidation sites excluding steroid dienone is 2. The van der Waals surface area contributed by atoms with Gasteiger partial charge in [0, 0.05) is 5.03 Å². The van der Waals surface area contributed by atoms with E-state index in [2.05, 4.69) is 0 Å². The second kappa shape index (κ2) is 2.12. The summed E-state index contributed by atoms with van der Waals surface area (Å²) in [5.74, 6) is 0. The van der Waals surface area contributed by atoms with E-state index < -0.39 is 10.1 Å². The predicted molar refractivity (Wildman–Crippen MR) is 37.9 cm³/mol. The van der Waals surface area contributed by atoms with Crippen LogP contribution in [0.5, 0.6) is 0 Å². The first-order valence-electron chi connectivity index (χ1n) is 1.79. The number of hydrogen-bond acceptors (Lipinski definition) is 0. The number of thiol groups is 1. The van der Waals surface area contributed by atoms with E-state index in [0.29, 0.717) is 0 Å². The number of hydrogen-bond donors (Lipinski definition) is 1. The van der Waals surface area contributed by atoms with Crippen LogP contribution < -0.4 is 0 Å². The molecule has 0 saturated heterocycles. The van der Waals surface area contributed by atoms with Gasteiger partial charge in [-0.1, -0.05) is 22.3 Å². The zero-order valence-corrected chi connectivity index (χ0v) is 5.84. The van der Waals surface area contributed by atoms with Crippen molar-refractivity contribution in [2.75, 3.05) is 0 Å². The smallest absolute Gasteiger partial charge is 0.0470 e. The van der Waals surface area contributed by atoms with E-state index in [1.165, 1.54) is 0 Å². The van der Waals surface area contributed by atoms with Crippen molar-refractivity contribution in [3.05, 3.63) is 21.9 Å². The molecular formula is C4H4Cl2S. The average Bonchev–Trinajstić information content (AvgIpc) is 1.87. The summed E-state index contributed by atoms with van der Waals surface area (Å²) in [7, 11) is 5.12. The van der Waals surface area contributed by atoms with Gasteiger partial charge in [0.1, 0.15) is 0 Å². The molecular weight excluding hydrogens is 151 g/mol. The first kappa shape index (κ1) is 5.54. The van der Waals surface area contributed by atoms with Crippen LogP contribution in [0.2, 0.25) is 0 Å². The SMILES string of the molecule is ClC1=C[SH](Cl)C=C1. The summed E-state index contributed by atoms with van der Waals surface area (Å²) in [5, 5.41) is 4.51. The maximum Gasteiger partial charge on any atom is 0.0470 e. The molecule has 1 atom stereocenters. The van der Waals surface area contributed by atoms with Crippen LogP contribution >= 0.6 is 32.4 Å². The normalized spacial score (nSPS) is 33.4. The number of rotatable bonds is 0. The Bertz CT molecular complexity index is 128. The summed E-state index contributed by atoms with van der Waals surface area (Å²) in [6.45, 7) is 0. The molecule has 3 heteroatoms. The highest BCUT2D eigenvalue weighted by atomic mass is 35.7. The molecule has 0 aromatic heterocycles. The van der Waals surface area contributed by atoms with E-state index in [1.54, 1.807) is 0 Å². The molecule has 0 saturated carbocycles. The minimum absolute atomic E-state index is 0.507. The Kier molecular flexibility index (Phi) is 1.68. The maximum absolute atomic E-state index is 5.62. The van der Waals surface area contributed by atoms with Crippen LogP contribution in [0.15, 0.2) is 21.9 Å². The van der Waals surface area contributed by atoms with Gasteiger partial charge >= 0.3 is 0 Å². The molecule has 0 N–H and O–H groups in total. The summed E-state index contributed by atoms with van der Waals surface area (Å²) in [4.78, 5) is 0. The van der Waals surface area contributed by atoms with Crippen molar-refractivity contribution in [3.63, 3.8) is 0 Å². The van der Waals surface area contributed by atoms with Crippen LogP contribution in [0, 0.1) is 0 Å². The molecule has 1 rings (SSSR count). The summed E-state index contributed by atoms with van der Waals surface area (Å²) < 4.78 is 0. The van der Waals surface area contributed by atoms with Crippen LogP contribution in [-0.4, -0.2) is 0 Å². The van der Waals surface area contributed by atoms with E-state index in [4.69, 9.17) is 22.3 Å². The molecule has 40 valence electrons. The summed E-state index contributed by atoms with van der Waals surface area (Å²) >= 11 is 5.51. The average molecular weight is 155 g/mol. The van der Waals surface area contributed by atoms with Crippen molar-refractivity contribution < 1.29 is 0 Å². The van der Waals surface area contributed by atoms with Crippen molar-refractivity contribution in [2.24, 2.45) is 0 Å². The standard InChI is InChI=1S/C4H4Cl2S/c5-4-1-2-7(6)3-4/h1-3,7H. The Morgan fingerprint density at radius 3 is 2.43 bits per heavy atom. The van der Waals surface area contributed by atoms with Crippen LogP contribution in [0.25, 0.3) is 0 Å². The molecule has 0 aromatic carbocycles. The molecule has 1 aliphatic rings. The first-order valence-corrected chi connectivity index (χ1v) is 4.55. The monoisotopic (exact) mass is 154 g/mol. The van der Waals surface area contributed by atoms with Gasteiger partial charge in [0.05, 0.1) is 0 Å². The van der Waals surface area contributed by atoms with Gasteiger partial charge in [-0.15, -0.1) is 10.1 Å². The highest BCUT2D eigenvalue weighted by Crippen LogP contribution is 2.41. The molecule has 1 aliphatic heterocycles. The lowest BCUT2D eigenvalue weighted by Gasteiger charge is -1.88. The predicted octanol–water partition coefficient (Wildman–Crippen LogP) is 2.75. The van der Waals surface area contributed by atoms with E-state index >= 15 is 0 Å². The molecule has 0 spiro atoms. The molecule has 0 bridgehead atoms. The topological polar surface area (TPSA) is 0 Å². The Morgan fingerprint density at radius 1 is 1.57 bits per heavy atom. The van der Waals surface area contributed by atoms with E-state index in [-0.39, 0.29) is 0 Å². The fourth-order valence-corrected chi connectivity index (χ4v) is 2.16. The van der Waals surface area contributed by atoms with Crippen LogP contribution in [0.1, 0.15) is 0 Å². The molecule has 0 nitrogen and oxygen atoms in total. The van der Waals surface area contributed by atoms with Crippen LogP contribution in [0.3, 0.4) is 0 Å². The quantitative estimate of drug-likeness (QED) is 0.511. The second-order valence-electron chi connectivity index (χ2n) is 1.17. The van der Waals surface area contributed by atoms with Gasteiger partial charge < -0.3 is 0 Å². The third kappa shape index (κ3) is 1.41. The minimum Gasteiger partial charge on any atom is -0.133 e. The molecule has 1 unspecified atom stereocenters. The summed E-state index contributed by atoms with van der Waals surface area (Å²) in [5.41, 5.74) is 0. The Morgan fingerprint density at radius 2 is 2.29 bits per heavy atom. The molecule has 7 heavy (non-hydrogen) atoms. The van der Waals surface area contributed by atoms with Crippen LogP contribution in [-0.2, 0) is 0 Å². The van der Waals surface area contributed by atoms with Crippen molar-refractivity contribution in [2.45, 2.75) is 0 Å². The lowest BCUT2D eigenvalue weighted by atomic mass is 10.6. The lowest BCUT2D eigenvalue weighted by molar-refractivity contribution is 2.04. The molecule has 0 aliphatic carbocycles. The third-order valence-corrected chi connectivity index (χ3v) is 2.60. The maximum atomic E-state index is 5.62. The summed E-state index contributed by atoms with van der Waals surface area (Å²) in [6, 6.07) is 0. The zero-order chi connectivity index (χ0) is 5.28. The minimum atomic E-state index is -0.507. The molecule has 0 aromatic rings. The van der Waals surface area contributed by atoms with Crippen molar-refractivity contribution >= 4 is 32.4 Å². The highest BCUT2D eigenvalue weighted by Gasteiger charge is 1.97. The zero-order valence-electron chi connectivity index (χ0n) is 3.44. The van der Waals surface area contributed by atoms with E-state index in [9.17, 15) is 0 Å².